The van der Waals surface area contributed by atoms with Crippen molar-refractivity contribution < 1.29 is 8.42 Å². The molecule has 1 heterocycles. The van der Waals surface area contributed by atoms with Gasteiger partial charge in [-0.1, -0.05) is 30.3 Å². The predicted molar refractivity (Wildman–Crippen MR) is 73.0 cm³/mol. The minimum Gasteiger partial charge on any atom is -0.315 e. The Morgan fingerprint density at radius 2 is 2.06 bits per heavy atom. The van der Waals surface area contributed by atoms with Crippen LogP contribution < -0.4 is 10.0 Å². The van der Waals surface area contributed by atoms with Gasteiger partial charge < -0.3 is 5.32 Å². The quantitative estimate of drug-likeness (QED) is 0.834. The van der Waals surface area contributed by atoms with Crippen molar-refractivity contribution in [1.29, 1.82) is 0 Å². The van der Waals surface area contributed by atoms with Crippen LogP contribution in [-0.2, 0) is 16.4 Å². The fraction of sp³-hybridized carbons (Fsp3) is 0.538. The maximum atomic E-state index is 11.9. The highest BCUT2D eigenvalue weighted by Gasteiger charge is 2.19. The van der Waals surface area contributed by atoms with Gasteiger partial charge in [0.25, 0.3) is 0 Å². The SMILES string of the molecule is O=S(=O)(CCc1ccccc1)N[C@@H]1CCCNC1. The summed E-state index contributed by atoms with van der Waals surface area (Å²) in [5.74, 6) is 0.160. The monoisotopic (exact) mass is 268 g/mol. The van der Waals surface area contributed by atoms with Crippen LogP contribution in [0.1, 0.15) is 18.4 Å². The van der Waals surface area contributed by atoms with E-state index in [1.807, 2.05) is 30.3 Å². The number of piperidine rings is 1. The first-order chi connectivity index (χ1) is 8.66. The molecule has 0 bridgehead atoms. The van der Waals surface area contributed by atoms with Gasteiger partial charge in [-0.3, -0.25) is 0 Å². The van der Waals surface area contributed by atoms with Crippen molar-refractivity contribution in [2.75, 3.05) is 18.8 Å². The van der Waals surface area contributed by atoms with Gasteiger partial charge in [-0.25, -0.2) is 13.1 Å². The van der Waals surface area contributed by atoms with E-state index in [1.54, 1.807) is 0 Å². The molecule has 1 atom stereocenters. The molecule has 5 heteroatoms. The second-order valence-electron chi connectivity index (χ2n) is 4.72. The van der Waals surface area contributed by atoms with E-state index < -0.39 is 10.0 Å². The number of hydrogen-bond donors (Lipinski definition) is 2. The summed E-state index contributed by atoms with van der Waals surface area (Å²) in [5, 5.41) is 3.20. The lowest BCUT2D eigenvalue weighted by Crippen LogP contribution is -2.46. The first-order valence-corrected chi connectivity index (χ1v) is 8.05. The normalized spacial score (nSPS) is 20.8. The molecule has 100 valence electrons. The van der Waals surface area contributed by atoms with E-state index in [0.29, 0.717) is 6.42 Å². The van der Waals surface area contributed by atoms with E-state index in [2.05, 4.69) is 10.0 Å². The lowest BCUT2D eigenvalue weighted by atomic mass is 10.1. The smallest absolute Gasteiger partial charge is 0.212 e. The van der Waals surface area contributed by atoms with Crippen LogP contribution in [0.5, 0.6) is 0 Å². The number of nitrogens with one attached hydrogen (secondary N) is 2. The van der Waals surface area contributed by atoms with Crippen LogP contribution in [-0.4, -0.2) is 33.3 Å². The number of rotatable bonds is 5. The molecule has 1 aliphatic rings. The van der Waals surface area contributed by atoms with Crippen LogP contribution in [0.3, 0.4) is 0 Å². The minimum absolute atomic E-state index is 0.0551. The molecule has 0 aliphatic carbocycles. The van der Waals surface area contributed by atoms with Crippen molar-refractivity contribution in [3.8, 4) is 0 Å². The van der Waals surface area contributed by atoms with Gasteiger partial charge in [-0.2, -0.15) is 0 Å². The molecule has 1 aliphatic heterocycles. The Kier molecular flexibility index (Phi) is 4.74. The molecule has 0 spiro atoms. The highest BCUT2D eigenvalue weighted by molar-refractivity contribution is 7.89. The first kappa shape index (κ1) is 13.5. The maximum absolute atomic E-state index is 11.9. The molecule has 1 aromatic carbocycles. The van der Waals surface area contributed by atoms with Crippen molar-refractivity contribution in [2.24, 2.45) is 0 Å². The third-order valence-corrected chi connectivity index (χ3v) is 4.58. The zero-order valence-corrected chi connectivity index (χ0v) is 11.2. The molecule has 4 nitrogen and oxygen atoms in total. The van der Waals surface area contributed by atoms with Gasteiger partial charge in [0, 0.05) is 12.6 Å². The van der Waals surface area contributed by atoms with Crippen molar-refractivity contribution >= 4 is 10.0 Å². The Morgan fingerprint density at radius 1 is 1.28 bits per heavy atom. The number of sulfonamides is 1. The molecule has 0 aromatic heterocycles. The van der Waals surface area contributed by atoms with Crippen molar-refractivity contribution in [3.05, 3.63) is 35.9 Å². The van der Waals surface area contributed by atoms with Crippen LogP contribution in [0, 0.1) is 0 Å². The van der Waals surface area contributed by atoms with Crippen molar-refractivity contribution in [3.63, 3.8) is 0 Å². The molecular formula is C13H20N2O2S. The van der Waals surface area contributed by atoms with E-state index in [-0.39, 0.29) is 11.8 Å². The lowest BCUT2D eigenvalue weighted by Gasteiger charge is -2.23. The Bertz CT molecular complexity index is 453. The zero-order valence-electron chi connectivity index (χ0n) is 10.4. The molecule has 18 heavy (non-hydrogen) atoms. The second-order valence-corrected chi connectivity index (χ2v) is 6.59. The predicted octanol–water partition coefficient (Wildman–Crippen LogP) is 0.900. The number of aryl methyl sites for hydroxylation is 1. The van der Waals surface area contributed by atoms with E-state index in [4.69, 9.17) is 0 Å². The van der Waals surface area contributed by atoms with Gasteiger partial charge in [0.15, 0.2) is 0 Å². The Morgan fingerprint density at radius 3 is 2.72 bits per heavy atom. The fourth-order valence-electron chi connectivity index (χ4n) is 2.16. The summed E-state index contributed by atoms with van der Waals surface area (Å²) in [6, 6.07) is 9.76. The topological polar surface area (TPSA) is 58.2 Å². The van der Waals surface area contributed by atoms with E-state index in [1.165, 1.54) is 0 Å². The van der Waals surface area contributed by atoms with Gasteiger partial charge in [-0.05, 0) is 31.4 Å². The minimum atomic E-state index is -3.17. The maximum Gasteiger partial charge on any atom is 0.212 e. The number of hydrogen-bond acceptors (Lipinski definition) is 3. The third kappa shape index (κ3) is 4.40. The van der Waals surface area contributed by atoms with Crippen LogP contribution in [0.25, 0.3) is 0 Å². The summed E-state index contributed by atoms with van der Waals surface area (Å²) >= 11 is 0. The van der Waals surface area contributed by atoms with Crippen LogP contribution in [0.2, 0.25) is 0 Å². The first-order valence-electron chi connectivity index (χ1n) is 6.40. The Labute approximate surface area is 109 Å². The van der Waals surface area contributed by atoms with Gasteiger partial charge >= 0.3 is 0 Å². The molecule has 0 radical (unpaired) electrons. The molecule has 0 amide bonds. The van der Waals surface area contributed by atoms with E-state index in [9.17, 15) is 8.42 Å². The second kappa shape index (κ2) is 6.31. The molecule has 1 saturated heterocycles. The summed E-state index contributed by atoms with van der Waals surface area (Å²) in [6.07, 6.45) is 2.53. The molecular weight excluding hydrogens is 248 g/mol. The Hall–Kier alpha value is -0.910. The highest BCUT2D eigenvalue weighted by Crippen LogP contribution is 2.05. The molecule has 0 saturated carbocycles. The molecule has 2 rings (SSSR count). The fourth-order valence-corrected chi connectivity index (χ4v) is 3.49. The summed E-state index contributed by atoms with van der Waals surface area (Å²) in [4.78, 5) is 0. The van der Waals surface area contributed by atoms with Crippen LogP contribution in [0.4, 0.5) is 0 Å². The van der Waals surface area contributed by atoms with Crippen LogP contribution in [0.15, 0.2) is 30.3 Å². The van der Waals surface area contributed by atoms with Gasteiger partial charge in [0.1, 0.15) is 0 Å². The highest BCUT2D eigenvalue weighted by atomic mass is 32.2. The average Bonchev–Trinajstić information content (AvgIpc) is 2.38. The number of benzene rings is 1. The van der Waals surface area contributed by atoms with Gasteiger partial charge in [0.2, 0.25) is 10.0 Å². The average molecular weight is 268 g/mol. The van der Waals surface area contributed by atoms with Gasteiger partial charge in [-0.15, -0.1) is 0 Å². The molecule has 2 N–H and O–H groups in total. The standard InChI is InChI=1S/C13H20N2O2S/c16-18(17,15-13-7-4-9-14-11-13)10-8-12-5-2-1-3-6-12/h1-3,5-6,13-15H,4,7-11H2/t13-/m1/s1. The van der Waals surface area contributed by atoms with Gasteiger partial charge in [0.05, 0.1) is 5.75 Å². The lowest BCUT2D eigenvalue weighted by molar-refractivity contribution is 0.428. The summed E-state index contributed by atoms with van der Waals surface area (Å²) in [6.45, 7) is 1.73. The molecule has 1 aromatic rings. The molecule has 1 fully saturated rings. The summed E-state index contributed by atoms with van der Waals surface area (Å²) in [5.41, 5.74) is 1.06. The zero-order chi connectivity index (χ0) is 12.8. The van der Waals surface area contributed by atoms with Crippen molar-refractivity contribution in [1.82, 2.24) is 10.0 Å². The summed E-state index contributed by atoms with van der Waals surface area (Å²) < 4.78 is 26.6. The Balaban J connectivity index is 1.83. The van der Waals surface area contributed by atoms with E-state index >= 15 is 0 Å². The summed E-state index contributed by atoms with van der Waals surface area (Å²) in [7, 11) is -3.17. The van der Waals surface area contributed by atoms with E-state index in [0.717, 1.165) is 31.5 Å². The van der Waals surface area contributed by atoms with Crippen molar-refractivity contribution in [2.45, 2.75) is 25.3 Å². The third-order valence-electron chi connectivity index (χ3n) is 3.15. The molecule has 0 unspecified atom stereocenters. The largest absolute Gasteiger partial charge is 0.315 e. The van der Waals surface area contributed by atoms with Crippen LogP contribution >= 0.6 is 0 Å².